The third-order valence-electron chi connectivity index (χ3n) is 4.01. The third-order valence-corrected chi connectivity index (χ3v) is 4.01. The van der Waals surface area contributed by atoms with Crippen LogP contribution in [0.5, 0.6) is 0 Å². The van der Waals surface area contributed by atoms with Crippen molar-refractivity contribution in [3.8, 4) is 0 Å². The smallest absolute Gasteiger partial charge is 0.245 e. The average Bonchev–Trinajstić information content (AvgIpc) is 2.51. The van der Waals surface area contributed by atoms with Crippen LogP contribution in [-0.2, 0) is 14.3 Å². The van der Waals surface area contributed by atoms with Crippen LogP contribution in [0.25, 0.3) is 0 Å². The second kappa shape index (κ2) is 6.37. The Balaban J connectivity index is 2.05. The molecule has 0 aromatic heterocycles. The van der Waals surface area contributed by atoms with E-state index in [-0.39, 0.29) is 30.0 Å². The first-order valence-corrected chi connectivity index (χ1v) is 7.33. The highest BCUT2D eigenvalue weighted by molar-refractivity contribution is 5.90. The molecule has 0 saturated carbocycles. The fourth-order valence-corrected chi connectivity index (χ4v) is 2.83. The summed E-state index contributed by atoms with van der Waals surface area (Å²) in [6.07, 6.45) is 4.43. The zero-order valence-corrected chi connectivity index (χ0v) is 11.9. The summed E-state index contributed by atoms with van der Waals surface area (Å²) in [6.45, 7) is 5.27. The minimum atomic E-state index is -0.374. The second-order valence-electron chi connectivity index (χ2n) is 5.56. The molecule has 0 bridgehead atoms. The Hall–Kier alpha value is -1.10. The number of amides is 2. The van der Waals surface area contributed by atoms with Crippen molar-refractivity contribution >= 4 is 11.8 Å². The number of carbonyl (C=O) groups is 2. The average molecular weight is 268 g/mol. The number of carbonyl (C=O) groups excluding carboxylic acids is 2. The molecule has 108 valence electrons. The van der Waals surface area contributed by atoms with Crippen molar-refractivity contribution in [1.29, 1.82) is 0 Å². The van der Waals surface area contributed by atoms with Gasteiger partial charge in [-0.3, -0.25) is 9.59 Å². The third kappa shape index (κ3) is 3.47. The van der Waals surface area contributed by atoms with Crippen LogP contribution in [0.1, 0.15) is 46.0 Å². The summed E-state index contributed by atoms with van der Waals surface area (Å²) in [5.41, 5.74) is 0. The lowest BCUT2D eigenvalue weighted by atomic mass is 10.1. The van der Waals surface area contributed by atoms with E-state index in [4.69, 9.17) is 4.74 Å². The van der Waals surface area contributed by atoms with Crippen LogP contribution < -0.4 is 5.32 Å². The highest BCUT2D eigenvalue weighted by Gasteiger charge is 2.34. The molecule has 2 aliphatic heterocycles. The lowest BCUT2D eigenvalue weighted by Crippen LogP contribution is -2.49. The summed E-state index contributed by atoms with van der Waals surface area (Å²) in [7, 11) is 0. The number of nitrogens with one attached hydrogen (secondary N) is 1. The number of nitrogens with zero attached hydrogens (tertiary/aromatic N) is 1. The summed E-state index contributed by atoms with van der Waals surface area (Å²) in [5, 5.41) is 2.80. The standard InChI is InChI=1S/C14H24N2O3/c1-3-12-14(18)16(10(2)8-13(17)15-12)9-11-6-4-5-7-19-11/h10-12H,3-9H2,1-2H3,(H,15,17). The minimum Gasteiger partial charge on any atom is -0.376 e. The van der Waals surface area contributed by atoms with Gasteiger partial charge in [-0.25, -0.2) is 0 Å². The lowest BCUT2D eigenvalue weighted by Gasteiger charge is -2.33. The highest BCUT2D eigenvalue weighted by Crippen LogP contribution is 2.19. The molecule has 2 rings (SSSR count). The molecule has 19 heavy (non-hydrogen) atoms. The van der Waals surface area contributed by atoms with Crippen LogP contribution in [0.15, 0.2) is 0 Å². The largest absolute Gasteiger partial charge is 0.376 e. The van der Waals surface area contributed by atoms with Gasteiger partial charge in [-0.2, -0.15) is 0 Å². The maximum atomic E-state index is 12.5. The van der Waals surface area contributed by atoms with Crippen LogP contribution in [0, 0.1) is 0 Å². The van der Waals surface area contributed by atoms with Gasteiger partial charge < -0.3 is 15.0 Å². The van der Waals surface area contributed by atoms with E-state index in [1.807, 2.05) is 18.7 Å². The molecular weight excluding hydrogens is 244 g/mol. The molecule has 2 fully saturated rings. The Morgan fingerprint density at radius 1 is 1.37 bits per heavy atom. The molecule has 2 amide bonds. The molecular formula is C14H24N2O3. The Labute approximate surface area is 114 Å². The van der Waals surface area contributed by atoms with E-state index in [1.54, 1.807) is 0 Å². The normalized spacial score (nSPS) is 32.9. The first-order chi connectivity index (χ1) is 9.11. The van der Waals surface area contributed by atoms with Gasteiger partial charge in [0.05, 0.1) is 6.10 Å². The van der Waals surface area contributed by atoms with Crippen LogP contribution in [0.4, 0.5) is 0 Å². The van der Waals surface area contributed by atoms with E-state index in [0.29, 0.717) is 19.4 Å². The van der Waals surface area contributed by atoms with Gasteiger partial charge in [0.1, 0.15) is 6.04 Å². The minimum absolute atomic E-state index is 0.0280. The van der Waals surface area contributed by atoms with Gasteiger partial charge >= 0.3 is 0 Å². The molecule has 2 heterocycles. The maximum Gasteiger partial charge on any atom is 0.245 e. The van der Waals surface area contributed by atoms with Gasteiger partial charge in [-0.05, 0) is 32.6 Å². The van der Waals surface area contributed by atoms with Crippen molar-refractivity contribution in [3.63, 3.8) is 0 Å². The van der Waals surface area contributed by atoms with Crippen molar-refractivity contribution in [3.05, 3.63) is 0 Å². The van der Waals surface area contributed by atoms with Gasteiger partial charge in [-0.15, -0.1) is 0 Å². The van der Waals surface area contributed by atoms with Crippen molar-refractivity contribution in [2.45, 2.75) is 64.1 Å². The summed E-state index contributed by atoms with van der Waals surface area (Å²) >= 11 is 0. The van der Waals surface area contributed by atoms with E-state index in [1.165, 1.54) is 0 Å². The molecule has 0 aliphatic carbocycles. The van der Waals surface area contributed by atoms with Gasteiger partial charge in [0.25, 0.3) is 0 Å². The van der Waals surface area contributed by atoms with Gasteiger partial charge in [0, 0.05) is 25.6 Å². The van der Waals surface area contributed by atoms with E-state index >= 15 is 0 Å². The Morgan fingerprint density at radius 2 is 2.16 bits per heavy atom. The Morgan fingerprint density at radius 3 is 2.79 bits per heavy atom. The van der Waals surface area contributed by atoms with Crippen LogP contribution in [0.2, 0.25) is 0 Å². The number of rotatable bonds is 3. The van der Waals surface area contributed by atoms with Crippen molar-refractivity contribution in [2.24, 2.45) is 0 Å². The fourth-order valence-electron chi connectivity index (χ4n) is 2.83. The summed E-state index contributed by atoms with van der Waals surface area (Å²) in [4.78, 5) is 26.0. The molecule has 2 aliphatic rings. The quantitative estimate of drug-likeness (QED) is 0.833. The molecule has 2 saturated heterocycles. The SMILES string of the molecule is CCC1NC(=O)CC(C)N(CC2CCCCO2)C1=O. The summed E-state index contributed by atoms with van der Waals surface area (Å²) < 4.78 is 5.71. The molecule has 0 spiro atoms. The molecule has 0 radical (unpaired) electrons. The van der Waals surface area contributed by atoms with E-state index in [9.17, 15) is 9.59 Å². The predicted octanol–water partition coefficient (Wildman–Crippen LogP) is 1.07. The molecule has 0 aromatic rings. The lowest BCUT2D eigenvalue weighted by molar-refractivity contribution is -0.137. The van der Waals surface area contributed by atoms with Gasteiger partial charge in [-0.1, -0.05) is 6.92 Å². The van der Waals surface area contributed by atoms with Gasteiger partial charge in [0.15, 0.2) is 0 Å². The first-order valence-electron chi connectivity index (χ1n) is 7.33. The van der Waals surface area contributed by atoms with Crippen LogP contribution >= 0.6 is 0 Å². The zero-order valence-electron chi connectivity index (χ0n) is 11.9. The molecule has 5 nitrogen and oxygen atoms in total. The molecule has 1 N–H and O–H groups in total. The monoisotopic (exact) mass is 268 g/mol. The second-order valence-corrected chi connectivity index (χ2v) is 5.56. The first kappa shape index (κ1) is 14.3. The molecule has 3 atom stereocenters. The topological polar surface area (TPSA) is 58.6 Å². The van der Waals surface area contributed by atoms with Crippen molar-refractivity contribution in [2.75, 3.05) is 13.2 Å². The number of hydrogen-bond donors (Lipinski definition) is 1. The van der Waals surface area contributed by atoms with Crippen LogP contribution in [0.3, 0.4) is 0 Å². The number of hydrogen-bond acceptors (Lipinski definition) is 3. The molecule has 0 aromatic carbocycles. The van der Waals surface area contributed by atoms with E-state index in [0.717, 1.165) is 25.9 Å². The molecule has 3 unspecified atom stereocenters. The molecule has 5 heteroatoms. The predicted molar refractivity (Wildman–Crippen MR) is 71.6 cm³/mol. The Bertz CT molecular complexity index is 340. The van der Waals surface area contributed by atoms with Crippen molar-refractivity contribution < 1.29 is 14.3 Å². The van der Waals surface area contributed by atoms with Crippen LogP contribution in [-0.4, -0.2) is 48.1 Å². The van der Waals surface area contributed by atoms with E-state index < -0.39 is 0 Å². The summed E-state index contributed by atoms with van der Waals surface area (Å²) in [5.74, 6) is 0.00906. The zero-order chi connectivity index (χ0) is 13.8. The van der Waals surface area contributed by atoms with Gasteiger partial charge in [0.2, 0.25) is 11.8 Å². The summed E-state index contributed by atoms with van der Waals surface area (Å²) in [6, 6.07) is -0.421. The highest BCUT2D eigenvalue weighted by atomic mass is 16.5. The fraction of sp³-hybridized carbons (Fsp3) is 0.857. The van der Waals surface area contributed by atoms with Crippen molar-refractivity contribution in [1.82, 2.24) is 10.2 Å². The maximum absolute atomic E-state index is 12.5. The van der Waals surface area contributed by atoms with E-state index in [2.05, 4.69) is 5.32 Å². The number of ether oxygens (including phenoxy) is 1. The Kier molecular flexibility index (Phi) is 4.80.